The van der Waals surface area contributed by atoms with Crippen LogP contribution >= 0.6 is 0 Å². The van der Waals surface area contributed by atoms with E-state index < -0.39 is 0 Å². The molecule has 2 amide bonds. The van der Waals surface area contributed by atoms with Gasteiger partial charge in [-0.05, 0) is 37.5 Å². The van der Waals surface area contributed by atoms with E-state index in [9.17, 15) is 9.59 Å². The zero-order valence-electron chi connectivity index (χ0n) is 16.3. The molecule has 1 aromatic carbocycles. The maximum Gasteiger partial charge on any atom is 0.227 e. The first kappa shape index (κ1) is 18.7. The molecule has 1 aromatic rings. The number of carbonyl (C=O) groups is 2. The molecule has 3 rings (SSSR count). The molecule has 0 spiro atoms. The number of hydrogen-bond donors (Lipinski definition) is 0. The second kappa shape index (κ2) is 8.11. The third-order valence-electron chi connectivity index (χ3n) is 5.53. The Balaban J connectivity index is 1.55. The van der Waals surface area contributed by atoms with E-state index in [1.54, 1.807) is 0 Å². The Hall–Kier alpha value is -2.04. The molecule has 5 heteroatoms. The Morgan fingerprint density at radius 2 is 1.77 bits per heavy atom. The van der Waals surface area contributed by atoms with Crippen molar-refractivity contribution in [2.45, 2.75) is 33.6 Å². The molecule has 2 heterocycles. The number of hydrogen-bond acceptors (Lipinski definition) is 3. The summed E-state index contributed by atoms with van der Waals surface area (Å²) in [6, 6.07) is 8.54. The highest BCUT2D eigenvalue weighted by molar-refractivity contribution is 5.82. The fraction of sp³-hybridized carbons (Fsp3) is 0.619. The maximum atomic E-state index is 13.0. The number of piperidine rings is 1. The van der Waals surface area contributed by atoms with Crippen molar-refractivity contribution in [3.8, 4) is 0 Å². The van der Waals surface area contributed by atoms with Crippen LogP contribution in [-0.2, 0) is 9.59 Å². The number of benzene rings is 1. The van der Waals surface area contributed by atoms with E-state index in [-0.39, 0.29) is 23.7 Å². The summed E-state index contributed by atoms with van der Waals surface area (Å²) in [6.45, 7) is 10.6. The summed E-state index contributed by atoms with van der Waals surface area (Å²) in [4.78, 5) is 31.5. The van der Waals surface area contributed by atoms with Gasteiger partial charge in [-0.1, -0.05) is 26.0 Å². The maximum absolute atomic E-state index is 13.0. The van der Waals surface area contributed by atoms with Crippen LogP contribution in [0.15, 0.2) is 24.3 Å². The van der Waals surface area contributed by atoms with Gasteiger partial charge in [-0.25, -0.2) is 0 Å². The van der Waals surface area contributed by atoms with Crippen molar-refractivity contribution in [3.05, 3.63) is 29.8 Å². The van der Waals surface area contributed by atoms with Crippen molar-refractivity contribution in [2.75, 3.05) is 44.2 Å². The van der Waals surface area contributed by atoms with Crippen molar-refractivity contribution in [3.63, 3.8) is 0 Å². The number of amides is 2. The average molecular weight is 357 g/mol. The molecular formula is C21H31N3O2. The van der Waals surface area contributed by atoms with Gasteiger partial charge >= 0.3 is 0 Å². The third-order valence-corrected chi connectivity index (χ3v) is 5.53. The monoisotopic (exact) mass is 357 g/mol. The zero-order chi connectivity index (χ0) is 18.7. The summed E-state index contributed by atoms with van der Waals surface area (Å²) >= 11 is 0. The number of nitrogens with zero attached hydrogens (tertiary/aromatic N) is 3. The van der Waals surface area contributed by atoms with Gasteiger partial charge in [0, 0.05) is 50.9 Å². The molecular weight excluding hydrogens is 326 g/mol. The van der Waals surface area contributed by atoms with E-state index in [0.717, 1.165) is 45.6 Å². The number of anilines is 1. The lowest BCUT2D eigenvalue weighted by atomic mass is 9.95. The molecule has 2 aliphatic rings. The topological polar surface area (TPSA) is 43.9 Å². The predicted octanol–water partition coefficient (Wildman–Crippen LogP) is 2.54. The summed E-state index contributed by atoms with van der Waals surface area (Å²) < 4.78 is 0. The molecule has 2 saturated heterocycles. The minimum Gasteiger partial charge on any atom is -0.368 e. The van der Waals surface area contributed by atoms with Gasteiger partial charge in [0.1, 0.15) is 0 Å². The second-order valence-corrected chi connectivity index (χ2v) is 7.93. The molecule has 26 heavy (non-hydrogen) atoms. The van der Waals surface area contributed by atoms with Crippen LogP contribution in [0, 0.1) is 18.8 Å². The summed E-state index contributed by atoms with van der Waals surface area (Å²) in [5.74, 6) is 0.376. The summed E-state index contributed by atoms with van der Waals surface area (Å²) in [6.07, 6.45) is 1.83. The molecule has 0 bridgehead atoms. The van der Waals surface area contributed by atoms with Crippen LogP contribution in [0.1, 0.15) is 32.3 Å². The zero-order valence-corrected chi connectivity index (χ0v) is 16.3. The predicted molar refractivity (Wildman–Crippen MR) is 104 cm³/mol. The minimum absolute atomic E-state index is 0.00160. The lowest BCUT2D eigenvalue weighted by Gasteiger charge is -2.40. The largest absolute Gasteiger partial charge is 0.368 e. The average Bonchev–Trinajstić information content (AvgIpc) is 2.67. The Bertz CT molecular complexity index is 650. The van der Waals surface area contributed by atoms with E-state index in [1.165, 1.54) is 11.3 Å². The lowest BCUT2D eigenvalue weighted by Crippen LogP contribution is -2.53. The SMILES string of the molecule is Cc1cccc(N2CCN(C(=O)C3CCCN(C(=O)C(C)C)C3)CC2)c1. The quantitative estimate of drug-likeness (QED) is 0.835. The Morgan fingerprint density at radius 1 is 1.04 bits per heavy atom. The summed E-state index contributed by atoms with van der Waals surface area (Å²) in [5.41, 5.74) is 2.50. The lowest BCUT2D eigenvalue weighted by molar-refractivity contribution is -0.142. The second-order valence-electron chi connectivity index (χ2n) is 7.93. The van der Waals surface area contributed by atoms with Gasteiger partial charge in [-0.3, -0.25) is 9.59 Å². The van der Waals surface area contributed by atoms with E-state index in [2.05, 4.69) is 36.1 Å². The molecule has 0 radical (unpaired) electrons. The molecule has 142 valence electrons. The minimum atomic E-state index is -0.0306. The first-order chi connectivity index (χ1) is 12.5. The number of rotatable bonds is 3. The van der Waals surface area contributed by atoms with Gasteiger partial charge in [0.15, 0.2) is 0 Å². The van der Waals surface area contributed by atoms with E-state index >= 15 is 0 Å². The summed E-state index contributed by atoms with van der Waals surface area (Å²) in [5, 5.41) is 0. The first-order valence-corrected chi connectivity index (χ1v) is 9.85. The standard InChI is InChI=1S/C21H31N3O2/c1-16(2)20(25)24-9-5-7-18(15-24)21(26)23-12-10-22(11-13-23)19-8-4-6-17(3)14-19/h4,6,8,14,16,18H,5,7,9-13,15H2,1-3H3. The molecule has 5 nitrogen and oxygen atoms in total. The number of carbonyl (C=O) groups excluding carboxylic acids is 2. The van der Waals surface area contributed by atoms with Gasteiger partial charge < -0.3 is 14.7 Å². The van der Waals surface area contributed by atoms with E-state index in [4.69, 9.17) is 0 Å². The van der Waals surface area contributed by atoms with Crippen molar-refractivity contribution in [1.29, 1.82) is 0 Å². The highest BCUT2D eigenvalue weighted by atomic mass is 16.2. The molecule has 2 aliphatic heterocycles. The van der Waals surface area contributed by atoms with Crippen molar-refractivity contribution >= 4 is 17.5 Å². The van der Waals surface area contributed by atoms with E-state index in [0.29, 0.717) is 6.54 Å². The van der Waals surface area contributed by atoms with Crippen molar-refractivity contribution in [1.82, 2.24) is 9.80 Å². The van der Waals surface area contributed by atoms with Gasteiger partial charge in [0.25, 0.3) is 0 Å². The van der Waals surface area contributed by atoms with Gasteiger partial charge in [-0.2, -0.15) is 0 Å². The van der Waals surface area contributed by atoms with Gasteiger partial charge in [0.05, 0.1) is 5.92 Å². The van der Waals surface area contributed by atoms with Crippen molar-refractivity contribution < 1.29 is 9.59 Å². The van der Waals surface area contributed by atoms with Crippen LogP contribution in [0.2, 0.25) is 0 Å². The Kier molecular flexibility index (Phi) is 5.84. The molecule has 0 aromatic heterocycles. The van der Waals surface area contributed by atoms with Crippen LogP contribution in [0.5, 0.6) is 0 Å². The van der Waals surface area contributed by atoms with Gasteiger partial charge in [-0.15, -0.1) is 0 Å². The normalized spacial score (nSPS) is 21.2. The molecule has 0 saturated carbocycles. The van der Waals surface area contributed by atoms with Crippen LogP contribution in [0.25, 0.3) is 0 Å². The first-order valence-electron chi connectivity index (χ1n) is 9.85. The fourth-order valence-electron chi connectivity index (χ4n) is 4.01. The number of piperazine rings is 1. The third kappa shape index (κ3) is 4.19. The highest BCUT2D eigenvalue weighted by Gasteiger charge is 2.33. The van der Waals surface area contributed by atoms with Crippen LogP contribution < -0.4 is 4.90 Å². The fourth-order valence-corrected chi connectivity index (χ4v) is 4.01. The van der Waals surface area contributed by atoms with Crippen LogP contribution in [-0.4, -0.2) is 60.9 Å². The Morgan fingerprint density at radius 3 is 2.42 bits per heavy atom. The van der Waals surface area contributed by atoms with Crippen LogP contribution in [0.4, 0.5) is 5.69 Å². The number of likely N-dealkylation sites (tertiary alicyclic amines) is 1. The van der Waals surface area contributed by atoms with E-state index in [1.807, 2.05) is 23.6 Å². The van der Waals surface area contributed by atoms with Crippen molar-refractivity contribution in [2.24, 2.45) is 11.8 Å². The van der Waals surface area contributed by atoms with Gasteiger partial charge in [0.2, 0.25) is 11.8 Å². The number of aryl methyl sites for hydroxylation is 1. The molecule has 1 unspecified atom stereocenters. The smallest absolute Gasteiger partial charge is 0.227 e. The molecule has 1 atom stereocenters. The molecule has 0 aliphatic carbocycles. The molecule has 0 N–H and O–H groups in total. The highest BCUT2D eigenvalue weighted by Crippen LogP contribution is 2.23. The Labute approximate surface area is 156 Å². The summed E-state index contributed by atoms with van der Waals surface area (Å²) in [7, 11) is 0. The van der Waals surface area contributed by atoms with Crippen LogP contribution in [0.3, 0.4) is 0 Å². The molecule has 2 fully saturated rings.